The lowest BCUT2D eigenvalue weighted by Gasteiger charge is -2.22. The summed E-state index contributed by atoms with van der Waals surface area (Å²) < 4.78 is 0. The van der Waals surface area contributed by atoms with E-state index in [1.54, 1.807) is 5.19 Å². The summed E-state index contributed by atoms with van der Waals surface area (Å²) in [6, 6.07) is 26.6. The Morgan fingerprint density at radius 1 is 0.680 bits per heavy atom. The molecule has 0 fully saturated rings. The first-order valence-electron chi connectivity index (χ1n) is 9.02. The summed E-state index contributed by atoms with van der Waals surface area (Å²) in [7, 11) is -1.39. The van der Waals surface area contributed by atoms with Crippen molar-refractivity contribution in [1.82, 2.24) is 0 Å². The molecule has 0 N–H and O–H groups in total. The third-order valence-electron chi connectivity index (χ3n) is 5.07. The van der Waals surface area contributed by atoms with Gasteiger partial charge in [0.2, 0.25) is 0 Å². The lowest BCUT2D eigenvalue weighted by atomic mass is 9.97. The zero-order chi connectivity index (χ0) is 17.4. The molecule has 3 aromatic carbocycles. The van der Waals surface area contributed by atoms with E-state index < -0.39 is 8.07 Å². The second-order valence-electron chi connectivity index (χ2n) is 7.89. The largest absolute Gasteiger partial charge is 0.0784 e. The van der Waals surface area contributed by atoms with E-state index in [-0.39, 0.29) is 0 Å². The van der Waals surface area contributed by atoms with Gasteiger partial charge in [-0.3, -0.25) is 0 Å². The molecule has 124 valence electrons. The van der Waals surface area contributed by atoms with Crippen LogP contribution in [0.15, 0.2) is 72.8 Å². The molecule has 1 heteroatoms. The van der Waals surface area contributed by atoms with Crippen LogP contribution in [0, 0.1) is 0 Å². The zero-order valence-electron chi connectivity index (χ0n) is 15.2. The first-order valence-corrected chi connectivity index (χ1v) is 12.5. The molecule has 0 spiro atoms. The monoisotopic (exact) mass is 340 g/mol. The van der Waals surface area contributed by atoms with Crippen LogP contribution in [0.1, 0.15) is 16.7 Å². The van der Waals surface area contributed by atoms with E-state index in [1.807, 2.05) is 0 Å². The van der Waals surface area contributed by atoms with Crippen molar-refractivity contribution in [3.8, 4) is 11.1 Å². The highest BCUT2D eigenvalue weighted by Crippen LogP contribution is 2.37. The molecule has 25 heavy (non-hydrogen) atoms. The third-order valence-corrected chi connectivity index (χ3v) is 7.12. The lowest BCUT2D eigenvalue weighted by molar-refractivity contribution is 1.32. The van der Waals surface area contributed by atoms with Gasteiger partial charge in [-0.2, -0.15) is 0 Å². The summed E-state index contributed by atoms with van der Waals surface area (Å²) in [5, 5.41) is 1.55. The highest BCUT2D eigenvalue weighted by Gasteiger charge is 2.23. The molecular weight excluding hydrogens is 316 g/mol. The fourth-order valence-corrected chi connectivity index (χ4v) is 5.43. The molecule has 0 aliphatic heterocycles. The normalized spacial score (nSPS) is 13.5. The topological polar surface area (TPSA) is 0 Å². The number of benzene rings is 3. The van der Waals surface area contributed by atoms with Crippen LogP contribution in [0.2, 0.25) is 19.6 Å². The second-order valence-corrected chi connectivity index (χ2v) is 12.9. The van der Waals surface area contributed by atoms with Crippen LogP contribution < -0.4 is 5.19 Å². The molecule has 1 aliphatic rings. The van der Waals surface area contributed by atoms with Crippen molar-refractivity contribution in [1.29, 1.82) is 0 Å². The molecule has 0 nitrogen and oxygen atoms in total. The van der Waals surface area contributed by atoms with Crippen molar-refractivity contribution in [3.05, 3.63) is 89.5 Å². The highest BCUT2D eigenvalue weighted by atomic mass is 28.3. The van der Waals surface area contributed by atoms with Gasteiger partial charge in [-0.15, -0.1) is 0 Å². The van der Waals surface area contributed by atoms with E-state index in [9.17, 15) is 0 Å². The van der Waals surface area contributed by atoms with Crippen LogP contribution in [-0.4, -0.2) is 8.07 Å². The molecule has 0 amide bonds. The fraction of sp³-hybridized carbons (Fsp3) is 0.167. The number of allylic oxidation sites excluding steroid dienone is 1. The maximum atomic E-state index is 2.43. The van der Waals surface area contributed by atoms with Gasteiger partial charge in [0.05, 0.1) is 8.07 Å². The molecule has 1 aliphatic carbocycles. The van der Waals surface area contributed by atoms with Crippen LogP contribution >= 0.6 is 0 Å². The summed E-state index contributed by atoms with van der Waals surface area (Å²) in [5.41, 5.74) is 8.43. The standard InChI is InChI=1S/C24H24Si/c1-25(2,3)24-15-8-7-13-22(24)21-14-9-12-19-16-20(17-23(19)21)18-10-5-4-6-11-18/h4-15,17H,16H2,1-3H3. The van der Waals surface area contributed by atoms with Gasteiger partial charge in [0.15, 0.2) is 0 Å². The Balaban J connectivity index is 1.87. The summed E-state index contributed by atoms with van der Waals surface area (Å²) in [5.74, 6) is 0. The summed E-state index contributed by atoms with van der Waals surface area (Å²) >= 11 is 0. The first-order chi connectivity index (χ1) is 12.0. The predicted molar refractivity (Wildman–Crippen MR) is 113 cm³/mol. The zero-order valence-corrected chi connectivity index (χ0v) is 16.2. The minimum Gasteiger partial charge on any atom is -0.0656 e. The van der Waals surface area contributed by atoms with Gasteiger partial charge in [-0.25, -0.2) is 0 Å². The molecule has 0 heterocycles. The average molecular weight is 341 g/mol. The van der Waals surface area contributed by atoms with Crippen molar-refractivity contribution < 1.29 is 0 Å². The van der Waals surface area contributed by atoms with E-state index in [0.29, 0.717) is 0 Å². The molecule has 4 rings (SSSR count). The quantitative estimate of drug-likeness (QED) is 0.513. The van der Waals surface area contributed by atoms with Crippen molar-refractivity contribution in [3.63, 3.8) is 0 Å². The first kappa shape index (κ1) is 16.1. The van der Waals surface area contributed by atoms with Crippen LogP contribution in [0.3, 0.4) is 0 Å². The van der Waals surface area contributed by atoms with E-state index in [1.165, 1.54) is 33.4 Å². The minimum atomic E-state index is -1.39. The van der Waals surface area contributed by atoms with Gasteiger partial charge in [0, 0.05) is 0 Å². The van der Waals surface area contributed by atoms with Crippen molar-refractivity contribution in [2.75, 3.05) is 0 Å². The van der Waals surface area contributed by atoms with Gasteiger partial charge in [0.1, 0.15) is 0 Å². The van der Waals surface area contributed by atoms with Gasteiger partial charge in [-0.1, -0.05) is 97.6 Å². The van der Waals surface area contributed by atoms with Gasteiger partial charge in [-0.05, 0) is 45.9 Å². The number of rotatable bonds is 3. The van der Waals surface area contributed by atoms with E-state index in [2.05, 4.69) is 98.5 Å². The number of fused-ring (bicyclic) bond motifs is 1. The average Bonchev–Trinajstić information content (AvgIpc) is 3.06. The molecule has 0 atom stereocenters. The maximum absolute atomic E-state index is 2.43. The molecule has 0 aromatic heterocycles. The maximum Gasteiger partial charge on any atom is 0.0784 e. The Labute approximate surface area is 151 Å². The van der Waals surface area contributed by atoms with Crippen LogP contribution in [0.4, 0.5) is 0 Å². The van der Waals surface area contributed by atoms with Crippen LogP contribution in [0.5, 0.6) is 0 Å². The smallest absolute Gasteiger partial charge is 0.0656 e. The summed E-state index contributed by atoms with van der Waals surface area (Å²) in [4.78, 5) is 0. The molecule has 0 radical (unpaired) electrons. The lowest BCUT2D eigenvalue weighted by Crippen LogP contribution is -2.38. The van der Waals surface area contributed by atoms with Gasteiger partial charge in [0.25, 0.3) is 0 Å². The third kappa shape index (κ3) is 3.00. The molecular formula is C24H24Si. The molecule has 3 aromatic rings. The summed E-state index contributed by atoms with van der Waals surface area (Å²) in [6.07, 6.45) is 3.43. The Kier molecular flexibility index (Phi) is 3.97. The van der Waals surface area contributed by atoms with Crippen molar-refractivity contribution >= 4 is 24.9 Å². The minimum absolute atomic E-state index is 1.03. The van der Waals surface area contributed by atoms with E-state index in [0.717, 1.165) is 6.42 Å². The van der Waals surface area contributed by atoms with Crippen molar-refractivity contribution in [2.24, 2.45) is 0 Å². The van der Waals surface area contributed by atoms with Crippen LogP contribution in [0.25, 0.3) is 22.8 Å². The van der Waals surface area contributed by atoms with E-state index in [4.69, 9.17) is 0 Å². The highest BCUT2D eigenvalue weighted by molar-refractivity contribution is 6.89. The molecule has 0 unspecified atom stereocenters. The SMILES string of the molecule is C[Si](C)(C)c1ccccc1-c1cccc2c1C=C(c1ccccc1)C2. The number of hydrogen-bond donors (Lipinski definition) is 0. The Morgan fingerprint density at radius 2 is 1.36 bits per heavy atom. The molecule has 0 bridgehead atoms. The number of hydrogen-bond acceptors (Lipinski definition) is 0. The Bertz CT molecular complexity index is 943. The Hall–Kier alpha value is -2.38. The van der Waals surface area contributed by atoms with Gasteiger partial charge < -0.3 is 0 Å². The Morgan fingerprint density at radius 3 is 2.12 bits per heavy atom. The molecule has 0 saturated carbocycles. The van der Waals surface area contributed by atoms with Crippen molar-refractivity contribution in [2.45, 2.75) is 26.1 Å². The second kappa shape index (κ2) is 6.16. The van der Waals surface area contributed by atoms with Gasteiger partial charge >= 0.3 is 0 Å². The fourth-order valence-electron chi connectivity index (χ4n) is 3.81. The summed E-state index contributed by atoms with van der Waals surface area (Å²) in [6.45, 7) is 7.29. The predicted octanol–water partition coefficient (Wildman–Crippen LogP) is 6.00. The molecule has 0 saturated heterocycles. The van der Waals surface area contributed by atoms with E-state index >= 15 is 0 Å². The van der Waals surface area contributed by atoms with Crippen LogP contribution in [-0.2, 0) is 6.42 Å².